The first kappa shape index (κ1) is 21.5. The van der Waals surface area contributed by atoms with E-state index >= 15 is 0 Å². The third-order valence-corrected chi connectivity index (χ3v) is 8.42. The molecule has 4 rings (SSSR count). The van der Waals surface area contributed by atoms with Crippen molar-refractivity contribution in [3.05, 3.63) is 70.8 Å². The Morgan fingerprint density at radius 3 is 2.42 bits per heavy atom. The van der Waals surface area contributed by atoms with Gasteiger partial charge in [0.2, 0.25) is 0 Å². The maximum absolute atomic E-state index is 14.3. The van der Waals surface area contributed by atoms with Crippen LogP contribution in [0.5, 0.6) is 17.2 Å². The van der Waals surface area contributed by atoms with Crippen molar-refractivity contribution >= 4 is 12.7 Å². The minimum atomic E-state index is -3.26. The summed E-state index contributed by atoms with van der Waals surface area (Å²) in [6.07, 6.45) is 0.227. The lowest BCUT2D eigenvalue weighted by molar-refractivity contribution is 0.414. The number of fused-ring (bicyclic) bond motifs is 3. The van der Waals surface area contributed by atoms with Crippen LogP contribution in [0.25, 0.3) is 11.1 Å². The number of aromatic hydroxyl groups is 1. The smallest absolute Gasteiger partial charge is 0.282 e. The number of hydrogen-bond donors (Lipinski definition) is 1. The van der Waals surface area contributed by atoms with Crippen molar-refractivity contribution in [3.63, 3.8) is 0 Å². The molecule has 162 valence electrons. The zero-order valence-corrected chi connectivity index (χ0v) is 19.8. The monoisotopic (exact) mass is 436 g/mol. The second-order valence-electron chi connectivity index (χ2n) is 9.25. The summed E-state index contributed by atoms with van der Waals surface area (Å²) in [5.41, 5.74) is 5.14. The maximum atomic E-state index is 14.3. The predicted molar refractivity (Wildman–Crippen MR) is 126 cm³/mol. The van der Waals surface area contributed by atoms with Gasteiger partial charge in [0, 0.05) is 5.56 Å². The Labute approximate surface area is 184 Å². The van der Waals surface area contributed by atoms with Crippen LogP contribution in [0.15, 0.2) is 48.5 Å². The summed E-state index contributed by atoms with van der Waals surface area (Å²) >= 11 is 0. The molecule has 0 saturated carbocycles. The third-order valence-electron chi connectivity index (χ3n) is 6.07. The number of aryl methyl sites for hydroxylation is 1. The highest BCUT2D eigenvalue weighted by atomic mass is 31.2. The normalized spacial score (nSPS) is 17.5. The zero-order valence-electron chi connectivity index (χ0n) is 18.9. The van der Waals surface area contributed by atoms with Crippen LogP contribution in [-0.2, 0) is 16.1 Å². The van der Waals surface area contributed by atoms with Crippen molar-refractivity contribution in [1.29, 1.82) is 0 Å². The number of ether oxygens (including phenoxy) is 1. The van der Waals surface area contributed by atoms with Gasteiger partial charge in [0.15, 0.2) is 0 Å². The lowest BCUT2D eigenvalue weighted by atomic mass is 9.83. The molecule has 1 aliphatic heterocycles. The first-order valence-corrected chi connectivity index (χ1v) is 12.3. The molecular weight excluding hydrogens is 407 g/mol. The fourth-order valence-electron chi connectivity index (χ4n) is 4.29. The molecule has 31 heavy (non-hydrogen) atoms. The van der Waals surface area contributed by atoms with Crippen LogP contribution in [0.2, 0.25) is 0 Å². The molecule has 5 heteroatoms. The van der Waals surface area contributed by atoms with E-state index in [-0.39, 0.29) is 17.3 Å². The maximum Gasteiger partial charge on any atom is 0.282 e. The van der Waals surface area contributed by atoms with E-state index < -0.39 is 7.37 Å². The van der Waals surface area contributed by atoms with Gasteiger partial charge >= 0.3 is 0 Å². The number of benzene rings is 3. The second kappa shape index (κ2) is 7.46. The molecule has 0 saturated heterocycles. The van der Waals surface area contributed by atoms with Gasteiger partial charge in [-0.25, -0.2) is 0 Å². The quantitative estimate of drug-likeness (QED) is 0.478. The van der Waals surface area contributed by atoms with Gasteiger partial charge in [-0.05, 0) is 71.3 Å². The van der Waals surface area contributed by atoms with Crippen molar-refractivity contribution in [3.8, 4) is 28.4 Å². The van der Waals surface area contributed by atoms with Gasteiger partial charge in [-0.2, -0.15) is 0 Å². The summed E-state index contributed by atoms with van der Waals surface area (Å²) in [6.45, 7) is 10.1. The average molecular weight is 436 g/mol. The molecule has 3 aromatic rings. The highest BCUT2D eigenvalue weighted by Gasteiger charge is 2.37. The zero-order chi connectivity index (χ0) is 22.6. The molecule has 1 unspecified atom stereocenters. The first-order chi connectivity index (χ1) is 14.5. The van der Waals surface area contributed by atoms with Crippen LogP contribution < -0.4 is 14.6 Å². The van der Waals surface area contributed by atoms with E-state index in [1.54, 1.807) is 7.11 Å². The van der Waals surface area contributed by atoms with E-state index in [4.69, 9.17) is 9.26 Å². The topological polar surface area (TPSA) is 55.8 Å². The Kier molecular flexibility index (Phi) is 5.18. The summed E-state index contributed by atoms with van der Waals surface area (Å²) in [6, 6.07) is 15.2. The number of rotatable bonds is 3. The van der Waals surface area contributed by atoms with Gasteiger partial charge in [0.25, 0.3) is 7.37 Å². The fourth-order valence-corrected chi connectivity index (χ4v) is 6.87. The van der Waals surface area contributed by atoms with E-state index in [9.17, 15) is 9.67 Å². The second-order valence-corrected chi connectivity index (χ2v) is 11.6. The molecule has 1 atom stereocenters. The summed E-state index contributed by atoms with van der Waals surface area (Å²) in [5, 5.41) is 11.6. The molecule has 0 spiro atoms. The number of hydrogen-bond acceptors (Lipinski definition) is 4. The van der Waals surface area contributed by atoms with Gasteiger partial charge in [0.1, 0.15) is 17.2 Å². The van der Waals surface area contributed by atoms with Crippen molar-refractivity contribution in [2.75, 3.05) is 7.11 Å². The minimum absolute atomic E-state index is 0.186. The van der Waals surface area contributed by atoms with Crippen LogP contribution >= 0.6 is 7.37 Å². The molecule has 0 amide bonds. The number of phenolic OH excluding ortho intramolecular Hbond substituents is 1. The Balaban J connectivity index is 1.85. The highest BCUT2D eigenvalue weighted by Crippen LogP contribution is 2.58. The summed E-state index contributed by atoms with van der Waals surface area (Å²) < 4.78 is 25.9. The van der Waals surface area contributed by atoms with Crippen molar-refractivity contribution < 1.29 is 18.9 Å². The molecule has 0 aliphatic carbocycles. The number of methoxy groups -OCH3 is 1. The summed E-state index contributed by atoms with van der Waals surface area (Å²) in [5.74, 6) is 1.59. The lowest BCUT2D eigenvalue weighted by Crippen LogP contribution is -2.20. The summed E-state index contributed by atoms with van der Waals surface area (Å²) in [4.78, 5) is 0. The van der Waals surface area contributed by atoms with E-state index in [1.807, 2.05) is 62.4 Å². The van der Waals surface area contributed by atoms with E-state index in [0.717, 1.165) is 39.1 Å². The molecule has 0 fully saturated rings. The van der Waals surface area contributed by atoms with Crippen LogP contribution in [-0.4, -0.2) is 12.2 Å². The highest BCUT2D eigenvalue weighted by molar-refractivity contribution is 7.67. The standard InChI is InChI=1S/C26H29O4P/c1-16-13-22(26(3,4)5)25(27)17(2)21(16)15-31(28)24-10-8-7-9-19(24)20-14-18(29-6)11-12-23(20)30-31/h7-14,27H,15H2,1-6H3. The van der Waals surface area contributed by atoms with E-state index in [2.05, 4.69) is 20.8 Å². The van der Waals surface area contributed by atoms with Crippen LogP contribution in [0.4, 0.5) is 0 Å². The van der Waals surface area contributed by atoms with Crippen molar-refractivity contribution in [1.82, 2.24) is 0 Å². The molecule has 3 aromatic carbocycles. The van der Waals surface area contributed by atoms with Gasteiger partial charge < -0.3 is 14.4 Å². The van der Waals surface area contributed by atoms with E-state index in [0.29, 0.717) is 11.1 Å². The Morgan fingerprint density at radius 1 is 1.03 bits per heavy atom. The van der Waals surface area contributed by atoms with Gasteiger partial charge in [0.05, 0.1) is 18.6 Å². The van der Waals surface area contributed by atoms with Crippen LogP contribution in [0.3, 0.4) is 0 Å². The van der Waals surface area contributed by atoms with Gasteiger partial charge in [-0.15, -0.1) is 0 Å². The fraction of sp³-hybridized carbons (Fsp3) is 0.308. The largest absolute Gasteiger partial charge is 0.507 e. The van der Waals surface area contributed by atoms with Crippen molar-refractivity contribution in [2.24, 2.45) is 0 Å². The number of phenols is 1. The van der Waals surface area contributed by atoms with Crippen LogP contribution in [0, 0.1) is 13.8 Å². The molecule has 0 bridgehead atoms. The third kappa shape index (κ3) is 3.64. The SMILES string of the molecule is COc1ccc2c(c1)-c1ccccc1P(=O)(Cc1c(C)cc(C(C)(C)C)c(O)c1C)O2. The van der Waals surface area contributed by atoms with E-state index in [1.165, 1.54) is 0 Å². The molecule has 4 nitrogen and oxygen atoms in total. The Morgan fingerprint density at radius 2 is 1.74 bits per heavy atom. The first-order valence-electron chi connectivity index (χ1n) is 10.4. The molecule has 1 N–H and O–H groups in total. The Hall–Kier alpha value is -2.71. The molecule has 0 radical (unpaired) electrons. The molecule has 0 aromatic heterocycles. The lowest BCUT2D eigenvalue weighted by Gasteiger charge is -2.30. The minimum Gasteiger partial charge on any atom is -0.507 e. The molecular formula is C26H29O4P. The average Bonchev–Trinajstić information content (AvgIpc) is 2.73. The Bertz CT molecular complexity index is 1220. The van der Waals surface area contributed by atoms with Gasteiger partial charge in [-0.1, -0.05) is 45.0 Å². The predicted octanol–water partition coefficient (Wildman–Crippen LogP) is 6.48. The summed E-state index contributed by atoms with van der Waals surface area (Å²) in [7, 11) is -1.64. The van der Waals surface area contributed by atoms with Crippen LogP contribution in [0.1, 0.15) is 43.0 Å². The molecule has 1 aliphatic rings. The van der Waals surface area contributed by atoms with Crippen molar-refractivity contribution in [2.45, 2.75) is 46.2 Å². The van der Waals surface area contributed by atoms with Gasteiger partial charge in [-0.3, -0.25) is 4.57 Å². The molecule has 1 heterocycles.